The topological polar surface area (TPSA) is 86.8 Å². The standard InChI is InChI=1S/C17H25N3O4S/c1-18-17(22)15-13-20(11-10-19(15)2)16(21)9-6-12-25(23,24)14-7-4-3-5-8-14/h3-5,7-8,15H,6,9-13H2,1-2H3,(H,18,22)/t15-/m0/s1. The maximum absolute atomic E-state index is 12.4. The summed E-state index contributed by atoms with van der Waals surface area (Å²) >= 11 is 0. The van der Waals surface area contributed by atoms with Gasteiger partial charge in [0.05, 0.1) is 10.6 Å². The number of likely N-dealkylation sites (N-methyl/N-ethyl adjacent to an activating group) is 2. The summed E-state index contributed by atoms with van der Waals surface area (Å²) in [5.41, 5.74) is 0. The number of piperazine rings is 1. The van der Waals surface area contributed by atoms with Crippen molar-refractivity contribution in [1.82, 2.24) is 15.1 Å². The molecule has 2 amide bonds. The molecule has 2 rings (SSSR count). The summed E-state index contributed by atoms with van der Waals surface area (Å²) in [5.74, 6) is -0.285. The fraction of sp³-hybridized carbons (Fsp3) is 0.529. The van der Waals surface area contributed by atoms with Crippen LogP contribution in [0.5, 0.6) is 0 Å². The first-order valence-corrected chi connectivity index (χ1v) is 9.98. The fourth-order valence-electron chi connectivity index (χ4n) is 2.87. The second kappa shape index (κ2) is 8.44. The van der Waals surface area contributed by atoms with Crippen molar-refractivity contribution < 1.29 is 18.0 Å². The molecule has 0 aromatic heterocycles. The van der Waals surface area contributed by atoms with Gasteiger partial charge in [-0.15, -0.1) is 0 Å². The number of carbonyl (C=O) groups excluding carboxylic acids is 2. The van der Waals surface area contributed by atoms with Crippen molar-refractivity contribution in [3.05, 3.63) is 30.3 Å². The van der Waals surface area contributed by atoms with E-state index in [1.54, 1.807) is 42.3 Å². The summed E-state index contributed by atoms with van der Waals surface area (Å²) in [6.07, 6.45) is 0.434. The summed E-state index contributed by atoms with van der Waals surface area (Å²) in [7, 11) is 0.0634. The van der Waals surface area contributed by atoms with Crippen molar-refractivity contribution >= 4 is 21.7 Å². The lowest BCUT2D eigenvalue weighted by Gasteiger charge is -2.38. The smallest absolute Gasteiger partial charge is 0.238 e. The summed E-state index contributed by atoms with van der Waals surface area (Å²) in [6, 6.07) is 7.88. The molecule has 1 aromatic rings. The van der Waals surface area contributed by atoms with Gasteiger partial charge in [0.15, 0.2) is 9.84 Å². The van der Waals surface area contributed by atoms with E-state index >= 15 is 0 Å². The van der Waals surface area contributed by atoms with Crippen LogP contribution in [-0.2, 0) is 19.4 Å². The Morgan fingerprint density at radius 3 is 2.52 bits per heavy atom. The molecule has 0 radical (unpaired) electrons. The Bertz CT molecular complexity index is 706. The van der Waals surface area contributed by atoms with Crippen LogP contribution in [-0.4, -0.2) is 75.6 Å². The summed E-state index contributed by atoms with van der Waals surface area (Å²) in [6.45, 7) is 1.50. The number of amides is 2. The van der Waals surface area contributed by atoms with Crippen molar-refractivity contribution in [2.24, 2.45) is 0 Å². The van der Waals surface area contributed by atoms with Crippen molar-refractivity contribution in [3.8, 4) is 0 Å². The molecular weight excluding hydrogens is 342 g/mol. The molecule has 8 heteroatoms. The molecule has 1 aliphatic heterocycles. The molecule has 0 spiro atoms. The van der Waals surface area contributed by atoms with E-state index in [9.17, 15) is 18.0 Å². The summed E-state index contributed by atoms with van der Waals surface area (Å²) in [5, 5.41) is 2.61. The molecular formula is C17H25N3O4S. The third-order valence-electron chi connectivity index (χ3n) is 4.46. The Labute approximate surface area is 148 Å². The van der Waals surface area contributed by atoms with Gasteiger partial charge in [-0.1, -0.05) is 18.2 Å². The highest BCUT2D eigenvalue weighted by molar-refractivity contribution is 7.91. The van der Waals surface area contributed by atoms with Crippen LogP contribution in [0.1, 0.15) is 12.8 Å². The highest BCUT2D eigenvalue weighted by Crippen LogP contribution is 2.14. The molecule has 1 N–H and O–H groups in total. The molecule has 1 aliphatic rings. The van der Waals surface area contributed by atoms with Gasteiger partial charge in [-0.25, -0.2) is 8.42 Å². The second-order valence-electron chi connectivity index (χ2n) is 6.19. The minimum atomic E-state index is -3.37. The first-order valence-electron chi connectivity index (χ1n) is 8.32. The summed E-state index contributed by atoms with van der Waals surface area (Å²) in [4.78, 5) is 28.1. The van der Waals surface area contributed by atoms with Crippen LogP contribution in [0, 0.1) is 0 Å². The Hall–Kier alpha value is -1.93. The Morgan fingerprint density at radius 1 is 1.20 bits per heavy atom. The Balaban J connectivity index is 1.87. The van der Waals surface area contributed by atoms with Crippen LogP contribution in [0.2, 0.25) is 0 Å². The molecule has 1 aromatic carbocycles. The van der Waals surface area contributed by atoms with E-state index in [4.69, 9.17) is 0 Å². The minimum Gasteiger partial charge on any atom is -0.358 e. The highest BCUT2D eigenvalue weighted by Gasteiger charge is 2.31. The predicted octanol–water partition coefficient (Wildman–Crippen LogP) is 0.129. The number of hydrogen-bond acceptors (Lipinski definition) is 5. The lowest BCUT2D eigenvalue weighted by molar-refractivity contribution is -0.137. The van der Waals surface area contributed by atoms with E-state index in [0.29, 0.717) is 19.6 Å². The van der Waals surface area contributed by atoms with E-state index in [-0.39, 0.29) is 41.3 Å². The Kier molecular flexibility index (Phi) is 6.55. The lowest BCUT2D eigenvalue weighted by atomic mass is 10.1. The molecule has 0 unspecified atom stereocenters. The number of sulfone groups is 1. The molecule has 1 heterocycles. The number of rotatable bonds is 6. The van der Waals surface area contributed by atoms with Gasteiger partial charge in [-0.3, -0.25) is 14.5 Å². The third kappa shape index (κ3) is 5.02. The van der Waals surface area contributed by atoms with Gasteiger partial charge in [0, 0.05) is 33.1 Å². The number of nitrogens with zero attached hydrogens (tertiary/aromatic N) is 2. The number of nitrogens with one attached hydrogen (secondary N) is 1. The van der Waals surface area contributed by atoms with Crippen LogP contribution < -0.4 is 5.32 Å². The number of hydrogen-bond donors (Lipinski definition) is 1. The van der Waals surface area contributed by atoms with Crippen LogP contribution in [0.4, 0.5) is 0 Å². The average molecular weight is 367 g/mol. The first kappa shape index (κ1) is 19.4. The molecule has 1 atom stereocenters. The molecule has 0 bridgehead atoms. The van der Waals surface area contributed by atoms with Gasteiger partial charge in [0.1, 0.15) is 6.04 Å². The third-order valence-corrected chi connectivity index (χ3v) is 6.27. The van der Waals surface area contributed by atoms with Crippen molar-refractivity contribution in [2.75, 3.05) is 39.5 Å². The molecule has 1 fully saturated rings. The predicted molar refractivity (Wildman–Crippen MR) is 94.8 cm³/mol. The maximum atomic E-state index is 12.4. The molecule has 0 saturated carbocycles. The van der Waals surface area contributed by atoms with Gasteiger partial charge in [0.25, 0.3) is 0 Å². The monoisotopic (exact) mass is 367 g/mol. The van der Waals surface area contributed by atoms with Gasteiger partial charge < -0.3 is 10.2 Å². The van der Waals surface area contributed by atoms with E-state index in [0.717, 1.165) is 0 Å². The molecule has 138 valence electrons. The zero-order chi connectivity index (χ0) is 18.4. The van der Waals surface area contributed by atoms with Gasteiger partial charge in [-0.05, 0) is 25.6 Å². The zero-order valence-corrected chi connectivity index (χ0v) is 15.5. The molecule has 1 saturated heterocycles. The zero-order valence-electron chi connectivity index (χ0n) is 14.6. The summed E-state index contributed by atoms with van der Waals surface area (Å²) < 4.78 is 24.5. The molecule has 7 nitrogen and oxygen atoms in total. The van der Waals surface area contributed by atoms with Gasteiger partial charge in [0.2, 0.25) is 11.8 Å². The molecule has 25 heavy (non-hydrogen) atoms. The largest absolute Gasteiger partial charge is 0.358 e. The normalized spacial score (nSPS) is 18.8. The SMILES string of the molecule is CNC(=O)[C@@H]1CN(C(=O)CCCS(=O)(=O)c2ccccc2)CCN1C. The van der Waals surface area contributed by atoms with Crippen LogP contribution in [0.15, 0.2) is 35.2 Å². The van der Waals surface area contributed by atoms with E-state index in [1.807, 2.05) is 11.9 Å². The van der Waals surface area contributed by atoms with Crippen molar-refractivity contribution in [3.63, 3.8) is 0 Å². The Morgan fingerprint density at radius 2 is 1.88 bits per heavy atom. The fourth-order valence-corrected chi connectivity index (χ4v) is 4.20. The molecule has 0 aliphatic carbocycles. The van der Waals surface area contributed by atoms with Crippen LogP contribution in [0.25, 0.3) is 0 Å². The van der Waals surface area contributed by atoms with Gasteiger partial charge >= 0.3 is 0 Å². The van der Waals surface area contributed by atoms with Crippen molar-refractivity contribution in [1.29, 1.82) is 0 Å². The van der Waals surface area contributed by atoms with Gasteiger partial charge in [-0.2, -0.15) is 0 Å². The highest BCUT2D eigenvalue weighted by atomic mass is 32.2. The first-order chi connectivity index (χ1) is 11.8. The van der Waals surface area contributed by atoms with E-state index in [2.05, 4.69) is 5.32 Å². The van der Waals surface area contributed by atoms with E-state index in [1.165, 1.54) is 0 Å². The van der Waals surface area contributed by atoms with Crippen LogP contribution >= 0.6 is 0 Å². The maximum Gasteiger partial charge on any atom is 0.238 e. The minimum absolute atomic E-state index is 0.0601. The van der Waals surface area contributed by atoms with Crippen molar-refractivity contribution in [2.45, 2.75) is 23.8 Å². The lowest BCUT2D eigenvalue weighted by Crippen LogP contribution is -2.58. The number of carbonyl (C=O) groups is 2. The second-order valence-corrected chi connectivity index (χ2v) is 8.30. The van der Waals surface area contributed by atoms with Crippen LogP contribution in [0.3, 0.4) is 0 Å². The van der Waals surface area contributed by atoms with E-state index < -0.39 is 9.84 Å². The quantitative estimate of drug-likeness (QED) is 0.772. The average Bonchev–Trinajstić information content (AvgIpc) is 2.62. The number of benzene rings is 1.